The van der Waals surface area contributed by atoms with E-state index >= 15 is 0 Å². The lowest BCUT2D eigenvalue weighted by Crippen LogP contribution is -2.33. The molecule has 2 aliphatic carbocycles. The Labute approximate surface area is 111 Å². The summed E-state index contributed by atoms with van der Waals surface area (Å²) in [6.45, 7) is 0. The minimum Gasteiger partial charge on any atom is -0.285 e. The van der Waals surface area contributed by atoms with Crippen LogP contribution in [0.2, 0.25) is 0 Å². The van der Waals surface area contributed by atoms with Gasteiger partial charge < -0.3 is 0 Å². The standard InChI is InChI=1S/C14H26O3S/c15-18(16,17)14(13-9-5-2-6-10-13)11-12-7-3-1-4-8-12/h12-14H,1-11H2,(H,15,16,17). The van der Waals surface area contributed by atoms with Crippen LogP contribution in [-0.4, -0.2) is 18.2 Å². The fourth-order valence-electron chi connectivity index (χ4n) is 3.81. The highest BCUT2D eigenvalue weighted by atomic mass is 32.2. The van der Waals surface area contributed by atoms with E-state index in [1.54, 1.807) is 0 Å². The fourth-order valence-corrected chi connectivity index (χ4v) is 5.09. The molecule has 18 heavy (non-hydrogen) atoms. The van der Waals surface area contributed by atoms with Gasteiger partial charge in [-0.1, -0.05) is 51.4 Å². The largest absolute Gasteiger partial charge is 0.285 e. The van der Waals surface area contributed by atoms with E-state index in [-0.39, 0.29) is 5.92 Å². The molecule has 4 heteroatoms. The summed E-state index contributed by atoms with van der Waals surface area (Å²) in [7, 11) is -3.86. The predicted molar refractivity (Wildman–Crippen MR) is 73.1 cm³/mol. The van der Waals surface area contributed by atoms with Gasteiger partial charge in [0.05, 0.1) is 5.25 Å². The summed E-state index contributed by atoms with van der Waals surface area (Å²) in [4.78, 5) is 0. The van der Waals surface area contributed by atoms with Crippen LogP contribution in [0.3, 0.4) is 0 Å². The highest BCUT2D eigenvalue weighted by molar-refractivity contribution is 7.86. The van der Waals surface area contributed by atoms with E-state index in [1.807, 2.05) is 0 Å². The van der Waals surface area contributed by atoms with Crippen molar-refractivity contribution in [2.45, 2.75) is 75.9 Å². The van der Waals surface area contributed by atoms with Crippen molar-refractivity contribution in [1.29, 1.82) is 0 Å². The molecule has 3 nitrogen and oxygen atoms in total. The molecule has 0 amide bonds. The molecule has 0 radical (unpaired) electrons. The highest BCUT2D eigenvalue weighted by Gasteiger charge is 2.35. The molecule has 2 saturated carbocycles. The topological polar surface area (TPSA) is 54.4 Å². The summed E-state index contributed by atoms with van der Waals surface area (Å²) in [6, 6.07) is 0. The number of hydrogen-bond acceptors (Lipinski definition) is 2. The van der Waals surface area contributed by atoms with Crippen LogP contribution in [0.15, 0.2) is 0 Å². The average molecular weight is 274 g/mol. The van der Waals surface area contributed by atoms with Gasteiger partial charge in [0.25, 0.3) is 10.1 Å². The van der Waals surface area contributed by atoms with Gasteiger partial charge in [-0.2, -0.15) is 8.42 Å². The minimum atomic E-state index is -3.86. The van der Waals surface area contributed by atoms with Crippen LogP contribution in [0.1, 0.15) is 70.6 Å². The Morgan fingerprint density at radius 2 is 1.39 bits per heavy atom. The van der Waals surface area contributed by atoms with Crippen LogP contribution >= 0.6 is 0 Å². The zero-order chi connectivity index (χ0) is 13.0. The molecular weight excluding hydrogens is 248 g/mol. The van der Waals surface area contributed by atoms with Crippen molar-refractivity contribution in [3.63, 3.8) is 0 Å². The average Bonchev–Trinajstić information content (AvgIpc) is 2.37. The normalized spacial score (nSPS) is 26.1. The smallest absolute Gasteiger partial charge is 0.268 e. The maximum atomic E-state index is 11.7. The first-order chi connectivity index (χ1) is 8.57. The summed E-state index contributed by atoms with van der Waals surface area (Å²) in [6.07, 6.45) is 12.2. The molecular formula is C14H26O3S. The van der Waals surface area contributed by atoms with Gasteiger partial charge in [0, 0.05) is 0 Å². The van der Waals surface area contributed by atoms with E-state index in [1.165, 1.54) is 25.7 Å². The molecule has 0 aliphatic heterocycles. The Balaban J connectivity index is 2.00. The minimum absolute atomic E-state index is 0.204. The fraction of sp³-hybridized carbons (Fsp3) is 1.00. The lowest BCUT2D eigenvalue weighted by Gasteiger charge is -2.32. The highest BCUT2D eigenvalue weighted by Crippen LogP contribution is 2.36. The molecule has 1 N–H and O–H groups in total. The van der Waals surface area contributed by atoms with Crippen molar-refractivity contribution < 1.29 is 13.0 Å². The van der Waals surface area contributed by atoms with E-state index in [0.29, 0.717) is 12.3 Å². The zero-order valence-electron chi connectivity index (χ0n) is 11.2. The van der Waals surface area contributed by atoms with Crippen molar-refractivity contribution in [2.24, 2.45) is 11.8 Å². The summed E-state index contributed by atoms with van der Waals surface area (Å²) in [5, 5.41) is -0.485. The third kappa shape index (κ3) is 3.95. The maximum Gasteiger partial charge on any atom is 0.268 e. The Morgan fingerprint density at radius 1 is 0.889 bits per heavy atom. The van der Waals surface area contributed by atoms with Crippen molar-refractivity contribution >= 4 is 10.1 Å². The van der Waals surface area contributed by atoms with Crippen molar-refractivity contribution in [2.75, 3.05) is 0 Å². The predicted octanol–water partition coefficient (Wildman–Crippen LogP) is 3.79. The summed E-state index contributed by atoms with van der Waals surface area (Å²) >= 11 is 0. The second kappa shape index (κ2) is 6.38. The molecule has 1 unspecified atom stereocenters. The third-order valence-corrected chi connectivity index (χ3v) is 6.19. The first-order valence-electron chi connectivity index (χ1n) is 7.53. The first-order valence-corrected chi connectivity index (χ1v) is 9.04. The molecule has 0 bridgehead atoms. The Morgan fingerprint density at radius 3 is 1.89 bits per heavy atom. The van der Waals surface area contributed by atoms with Crippen LogP contribution in [0.5, 0.6) is 0 Å². The second-order valence-electron chi connectivity index (χ2n) is 6.19. The lowest BCUT2D eigenvalue weighted by atomic mass is 9.80. The SMILES string of the molecule is O=S(=O)(O)C(CC1CCCCC1)C1CCCCC1. The number of hydrogen-bond donors (Lipinski definition) is 1. The van der Waals surface area contributed by atoms with Crippen LogP contribution in [0, 0.1) is 11.8 Å². The van der Waals surface area contributed by atoms with Gasteiger partial charge in [-0.3, -0.25) is 4.55 Å². The Bertz CT molecular complexity index is 338. The van der Waals surface area contributed by atoms with E-state index < -0.39 is 15.4 Å². The van der Waals surface area contributed by atoms with Gasteiger partial charge >= 0.3 is 0 Å². The summed E-state index contributed by atoms with van der Waals surface area (Å²) in [5.41, 5.74) is 0. The van der Waals surface area contributed by atoms with Gasteiger partial charge in [0.15, 0.2) is 0 Å². The second-order valence-corrected chi connectivity index (χ2v) is 7.83. The quantitative estimate of drug-likeness (QED) is 0.793. The lowest BCUT2D eigenvalue weighted by molar-refractivity contribution is 0.266. The molecule has 0 aromatic carbocycles. The molecule has 1 atom stereocenters. The molecule has 0 aromatic rings. The Kier molecular flexibility index (Phi) is 5.07. The first kappa shape index (κ1) is 14.3. The van der Waals surface area contributed by atoms with E-state index in [9.17, 15) is 13.0 Å². The molecule has 0 aromatic heterocycles. The summed E-state index contributed by atoms with van der Waals surface area (Å²) < 4.78 is 32.9. The molecule has 0 spiro atoms. The number of rotatable bonds is 4. The maximum absolute atomic E-state index is 11.7. The zero-order valence-corrected chi connectivity index (χ0v) is 12.0. The van der Waals surface area contributed by atoms with Crippen LogP contribution < -0.4 is 0 Å². The van der Waals surface area contributed by atoms with Crippen molar-refractivity contribution in [3.05, 3.63) is 0 Å². The monoisotopic (exact) mass is 274 g/mol. The van der Waals surface area contributed by atoms with Crippen LogP contribution in [0.25, 0.3) is 0 Å². The molecule has 106 valence electrons. The third-order valence-electron chi connectivity index (χ3n) is 4.85. The van der Waals surface area contributed by atoms with Gasteiger partial charge in [0.1, 0.15) is 0 Å². The molecule has 0 heterocycles. The van der Waals surface area contributed by atoms with Gasteiger partial charge in [-0.25, -0.2) is 0 Å². The van der Waals surface area contributed by atoms with E-state index in [0.717, 1.165) is 38.5 Å². The van der Waals surface area contributed by atoms with Crippen molar-refractivity contribution in [1.82, 2.24) is 0 Å². The van der Waals surface area contributed by atoms with Gasteiger partial charge in [-0.05, 0) is 31.1 Å². The van der Waals surface area contributed by atoms with Crippen LogP contribution in [0.4, 0.5) is 0 Å². The van der Waals surface area contributed by atoms with Crippen molar-refractivity contribution in [3.8, 4) is 0 Å². The molecule has 0 saturated heterocycles. The molecule has 2 rings (SSSR count). The molecule has 2 aliphatic rings. The van der Waals surface area contributed by atoms with Crippen LogP contribution in [-0.2, 0) is 10.1 Å². The Hall–Kier alpha value is -0.0900. The van der Waals surface area contributed by atoms with E-state index in [2.05, 4.69) is 0 Å². The van der Waals surface area contributed by atoms with Gasteiger partial charge in [-0.15, -0.1) is 0 Å². The summed E-state index contributed by atoms with van der Waals surface area (Å²) in [5.74, 6) is 0.725. The van der Waals surface area contributed by atoms with Gasteiger partial charge in [0.2, 0.25) is 0 Å². The molecule has 2 fully saturated rings. The van der Waals surface area contributed by atoms with E-state index in [4.69, 9.17) is 0 Å².